The maximum Gasteiger partial charge on any atom is 0.240 e. The smallest absolute Gasteiger partial charge is 0.240 e. The first-order valence-electron chi connectivity index (χ1n) is 5.04. The molecule has 2 rings (SSSR count). The van der Waals surface area contributed by atoms with Gasteiger partial charge in [0.2, 0.25) is 10.0 Å². The van der Waals surface area contributed by atoms with Gasteiger partial charge in [-0.15, -0.1) is 0 Å². The molecule has 6 heteroatoms. The van der Waals surface area contributed by atoms with E-state index in [1.165, 1.54) is 12.1 Å². The van der Waals surface area contributed by atoms with Gasteiger partial charge in [0.05, 0.1) is 4.90 Å². The van der Waals surface area contributed by atoms with E-state index in [-0.39, 0.29) is 10.9 Å². The van der Waals surface area contributed by atoms with Crippen molar-refractivity contribution in [3.05, 3.63) is 28.8 Å². The van der Waals surface area contributed by atoms with Crippen LogP contribution in [0.4, 0.5) is 0 Å². The number of sulfonamides is 1. The van der Waals surface area contributed by atoms with Crippen LogP contribution in [-0.2, 0) is 16.6 Å². The molecule has 3 N–H and O–H groups in total. The van der Waals surface area contributed by atoms with Gasteiger partial charge in [0, 0.05) is 17.6 Å². The Bertz CT molecular complexity index is 498. The monoisotopic (exact) mass is 260 g/mol. The van der Waals surface area contributed by atoms with E-state index in [4.69, 9.17) is 17.3 Å². The second-order valence-electron chi connectivity index (χ2n) is 3.85. The van der Waals surface area contributed by atoms with E-state index in [9.17, 15) is 8.42 Å². The van der Waals surface area contributed by atoms with Gasteiger partial charge in [-0.05, 0) is 30.5 Å². The third kappa shape index (κ3) is 2.55. The average molecular weight is 261 g/mol. The minimum atomic E-state index is -3.42. The van der Waals surface area contributed by atoms with Crippen molar-refractivity contribution in [2.24, 2.45) is 5.73 Å². The summed E-state index contributed by atoms with van der Waals surface area (Å²) in [4.78, 5) is 0.196. The molecule has 0 bridgehead atoms. The lowest BCUT2D eigenvalue weighted by atomic mass is 10.2. The Morgan fingerprint density at radius 2 is 2.12 bits per heavy atom. The summed E-state index contributed by atoms with van der Waals surface area (Å²) in [5, 5.41) is 0.390. The summed E-state index contributed by atoms with van der Waals surface area (Å²) < 4.78 is 26.3. The third-order valence-corrected chi connectivity index (χ3v) is 4.32. The van der Waals surface area contributed by atoms with Crippen LogP contribution in [0.3, 0.4) is 0 Å². The van der Waals surface area contributed by atoms with Gasteiger partial charge in [0.1, 0.15) is 0 Å². The molecule has 0 radical (unpaired) electrons. The van der Waals surface area contributed by atoms with Gasteiger partial charge in [-0.25, -0.2) is 13.1 Å². The van der Waals surface area contributed by atoms with Crippen LogP contribution in [-0.4, -0.2) is 14.5 Å². The standard InChI is InChI=1S/C10H13ClN2O2S/c11-10-5-9(4-1-7(10)6-12)16(14,15)13-8-2-3-8/h1,4-5,8,13H,2-3,6,12H2. The second kappa shape index (κ2) is 4.33. The third-order valence-electron chi connectivity index (χ3n) is 2.45. The van der Waals surface area contributed by atoms with Crippen molar-refractivity contribution in [3.8, 4) is 0 Å². The Morgan fingerprint density at radius 3 is 2.62 bits per heavy atom. The normalized spacial score (nSPS) is 16.4. The van der Waals surface area contributed by atoms with Gasteiger partial charge in [-0.1, -0.05) is 17.7 Å². The first kappa shape index (κ1) is 11.9. The van der Waals surface area contributed by atoms with Crippen molar-refractivity contribution in [3.63, 3.8) is 0 Å². The van der Waals surface area contributed by atoms with Crippen LogP contribution < -0.4 is 10.5 Å². The van der Waals surface area contributed by atoms with Gasteiger partial charge < -0.3 is 5.73 Å². The minimum Gasteiger partial charge on any atom is -0.326 e. The van der Waals surface area contributed by atoms with E-state index in [1.54, 1.807) is 6.07 Å². The molecule has 88 valence electrons. The molecule has 1 saturated carbocycles. The summed E-state index contributed by atoms with van der Waals surface area (Å²) in [6, 6.07) is 4.70. The van der Waals surface area contributed by atoms with E-state index < -0.39 is 10.0 Å². The van der Waals surface area contributed by atoms with Crippen molar-refractivity contribution in [1.82, 2.24) is 4.72 Å². The topological polar surface area (TPSA) is 72.2 Å². The number of halogens is 1. The Hall–Kier alpha value is -0.620. The molecule has 1 aliphatic rings. The van der Waals surface area contributed by atoms with E-state index in [1.807, 2.05) is 0 Å². The average Bonchev–Trinajstić information content (AvgIpc) is 3.01. The summed E-state index contributed by atoms with van der Waals surface area (Å²) in [5.74, 6) is 0. The van der Waals surface area contributed by atoms with Crippen LogP contribution in [0.25, 0.3) is 0 Å². The Morgan fingerprint density at radius 1 is 1.44 bits per heavy atom. The van der Waals surface area contributed by atoms with Crippen LogP contribution >= 0.6 is 11.6 Å². The van der Waals surface area contributed by atoms with Crippen molar-refractivity contribution >= 4 is 21.6 Å². The predicted octanol–water partition coefficient (Wildman–Crippen LogP) is 1.24. The lowest BCUT2D eigenvalue weighted by molar-refractivity contribution is 0.581. The first-order chi connectivity index (χ1) is 7.53. The number of hydrogen-bond donors (Lipinski definition) is 2. The van der Waals surface area contributed by atoms with Crippen molar-refractivity contribution in [1.29, 1.82) is 0 Å². The quantitative estimate of drug-likeness (QED) is 0.856. The van der Waals surface area contributed by atoms with E-state index >= 15 is 0 Å². The fraction of sp³-hybridized carbons (Fsp3) is 0.400. The van der Waals surface area contributed by atoms with Gasteiger partial charge in [-0.3, -0.25) is 0 Å². The van der Waals surface area contributed by atoms with E-state index in [0.29, 0.717) is 11.6 Å². The summed E-state index contributed by atoms with van der Waals surface area (Å²) in [6.45, 7) is 0.301. The summed E-state index contributed by atoms with van der Waals surface area (Å²) >= 11 is 5.92. The zero-order valence-corrected chi connectivity index (χ0v) is 10.2. The molecule has 0 amide bonds. The van der Waals surface area contributed by atoms with Crippen LogP contribution in [0.15, 0.2) is 23.1 Å². The largest absolute Gasteiger partial charge is 0.326 e. The molecule has 1 aromatic rings. The summed E-state index contributed by atoms with van der Waals surface area (Å²) in [5.41, 5.74) is 6.19. The predicted molar refractivity (Wildman–Crippen MR) is 62.7 cm³/mol. The van der Waals surface area contributed by atoms with Crippen LogP contribution in [0.5, 0.6) is 0 Å². The highest BCUT2D eigenvalue weighted by Gasteiger charge is 2.28. The number of nitrogens with one attached hydrogen (secondary N) is 1. The van der Waals surface area contributed by atoms with Crippen molar-refractivity contribution in [2.75, 3.05) is 0 Å². The van der Waals surface area contributed by atoms with Gasteiger partial charge in [-0.2, -0.15) is 0 Å². The van der Waals surface area contributed by atoms with Crippen molar-refractivity contribution in [2.45, 2.75) is 30.3 Å². The van der Waals surface area contributed by atoms with Crippen LogP contribution in [0.1, 0.15) is 18.4 Å². The SMILES string of the molecule is NCc1ccc(S(=O)(=O)NC2CC2)cc1Cl. The molecule has 0 heterocycles. The van der Waals surface area contributed by atoms with Gasteiger partial charge >= 0.3 is 0 Å². The zero-order valence-electron chi connectivity index (χ0n) is 8.61. The summed E-state index contributed by atoms with van der Waals surface area (Å²) in [7, 11) is -3.42. The fourth-order valence-corrected chi connectivity index (χ4v) is 3.00. The molecule has 16 heavy (non-hydrogen) atoms. The number of nitrogens with two attached hydrogens (primary N) is 1. The van der Waals surface area contributed by atoms with E-state index in [0.717, 1.165) is 18.4 Å². The van der Waals surface area contributed by atoms with Gasteiger partial charge in [0.15, 0.2) is 0 Å². The fourth-order valence-electron chi connectivity index (χ4n) is 1.35. The molecule has 0 atom stereocenters. The Kier molecular flexibility index (Phi) is 3.21. The molecular weight excluding hydrogens is 248 g/mol. The van der Waals surface area contributed by atoms with E-state index in [2.05, 4.69) is 4.72 Å². The molecule has 1 aliphatic carbocycles. The van der Waals surface area contributed by atoms with Crippen LogP contribution in [0.2, 0.25) is 5.02 Å². The highest BCUT2D eigenvalue weighted by Crippen LogP contribution is 2.24. The molecule has 0 unspecified atom stereocenters. The highest BCUT2D eigenvalue weighted by molar-refractivity contribution is 7.89. The highest BCUT2D eigenvalue weighted by atomic mass is 35.5. The molecular formula is C10H13ClN2O2S. The Labute approximate surface area is 99.8 Å². The molecule has 0 saturated heterocycles. The summed E-state index contributed by atoms with van der Waals surface area (Å²) in [6.07, 6.45) is 1.82. The molecule has 0 aliphatic heterocycles. The lowest BCUT2D eigenvalue weighted by Gasteiger charge is -2.07. The maximum atomic E-state index is 11.8. The number of rotatable bonds is 4. The van der Waals surface area contributed by atoms with Gasteiger partial charge in [0.25, 0.3) is 0 Å². The number of benzene rings is 1. The lowest BCUT2D eigenvalue weighted by Crippen LogP contribution is -2.25. The Balaban J connectivity index is 2.29. The molecule has 1 aromatic carbocycles. The minimum absolute atomic E-state index is 0.0953. The zero-order chi connectivity index (χ0) is 11.8. The maximum absolute atomic E-state index is 11.8. The molecule has 0 spiro atoms. The first-order valence-corrected chi connectivity index (χ1v) is 6.90. The molecule has 0 aromatic heterocycles. The molecule has 1 fully saturated rings. The molecule has 4 nitrogen and oxygen atoms in total. The van der Waals surface area contributed by atoms with Crippen molar-refractivity contribution < 1.29 is 8.42 Å². The second-order valence-corrected chi connectivity index (χ2v) is 5.97. The number of hydrogen-bond acceptors (Lipinski definition) is 3. The van der Waals surface area contributed by atoms with Crippen LogP contribution in [0, 0.1) is 0 Å².